The number of rotatable bonds is 4. The highest BCUT2D eigenvalue weighted by molar-refractivity contribution is 9.11. The second-order valence-electron chi connectivity index (χ2n) is 4.02. The third-order valence-electron chi connectivity index (χ3n) is 2.60. The number of amides is 1. The number of ether oxygens (including phenoxy) is 1. The third kappa shape index (κ3) is 4.06. The average molecular weight is 410 g/mol. The number of carbonyl (C=O) groups is 1. The Kier molecular flexibility index (Phi) is 5.37. The van der Waals surface area contributed by atoms with Gasteiger partial charge in [-0.1, -0.05) is 28.1 Å². The number of nitriles is 1. The minimum absolute atomic E-state index is 0.0759. The molecule has 0 saturated heterocycles. The monoisotopic (exact) mass is 408 g/mol. The molecule has 0 atom stereocenters. The van der Waals surface area contributed by atoms with Crippen molar-refractivity contribution in [2.24, 2.45) is 0 Å². The molecule has 0 aliphatic rings. The first-order valence-corrected chi connectivity index (χ1v) is 7.55. The van der Waals surface area contributed by atoms with Crippen molar-refractivity contribution in [3.05, 3.63) is 57.0 Å². The zero-order chi connectivity index (χ0) is 15.2. The van der Waals surface area contributed by atoms with Gasteiger partial charge in [0, 0.05) is 8.95 Å². The van der Waals surface area contributed by atoms with Crippen LogP contribution in [0.3, 0.4) is 0 Å². The van der Waals surface area contributed by atoms with Crippen LogP contribution < -0.4 is 10.1 Å². The first kappa shape index (κ1) is 15.5. The SMILES string of the molecule is N#CCOc1ccccc1NC(=O)c1cc(Br)ccc1Br. The summed E-state index contributed by atoms with van der Waals surface area (Å²) in [6.45, 7) is -0.0759. The van der Waals surface area contributed by atoms with Crippen molar-refractivity contribution >= 4 is 43.5 Å². The van der Waals surface area contributed by atoms with Crippen LogP contribution in [0.15, 0.2) is 51.4 Å². The summed E-state index contributed by atoms with van der Waals surface area (Å²) in [5.41, 5.74) is 1.02. The predicted octanol–water partition coefficient (Wildman–Crippen LogP) is 4.37. The number of benzene rings is 2. The lowest BCUT2D eigenvalue weighted by molar-refractivity contribution is 0.102. The smallest absolute Gasteiger partial charge is 0.256 e. The molecular formula is C15H10Br2N2O2. The van der Waals surface area contributed by atoms with Crippen LogP contribution in [0.2, 0.25) is 0 Å². The van der Waals surface area contributed by atoms with Crippen molar-refractivity contribution in [1.82, 2.24) is 0 Å². The molecule has 0 aromatic heterocycles. The van der Waals surface area contributed by atoms with E-state index in [1.165, 1.54) is 0 Å². The third-order valence-corrected chi connectivity index (χ3v) is 3.79. The minimum Gasteiger partial charge on any atom is -0.477 e. The lowest BCUT2D eigenvalue weighted by atomic mass is 10.2. The fourth-order valence-electron chi connectivity index (χ4n) is 1.67. The Morgan fingerprint density at radius 3 is 2.76 bits per heavy atom. The summed E-state index contributed by atoms with van der Waals surface area (Å²) >= 11 is 6.69. The summed E-state index contributed by atoms with van der Waals surface area (Å²) in [5.74, 6) is 0.190. The van der Waals surface area contributed by atoms with Gasteiger partial charge < -0.3 is 10.1 Å². The standard InChI is InChI=1S/C15H10Br2N2O2/c16-10-5-6-12(17)11(9-10)15(20)19-13-3-1-2-4-14(13)21-8-7-18/h1-6,9H,8H2,(H,19,20). The van der Waals surface area contributed by atoms with Crippen LogP contribution in [0.4, 0.5) is 5.69 Å². The van der Waals surface area contributed by atoms with Gasteiger partial charge in [0.1, 0.15) is 11.8 Å². The van der Waals surface area contributed by atoms with Gasteiger partial charge in [-0.3, -0.25) is 4.79 Å². The Balaban J connectivity index is 2.24. The topological polar surface area (TPSA) is 62.1 Å². The maximum absolute atomic E-state index is 12.3. The van der Waals surface area contributed by atoms with E-state index in [0.717, 1.165) is 4.47 Å². The molecule has 2 rings (SSSR count). The zero-order valence-corrected chi connectivity index (χ0v) is 13.9. The Labute approximate surface area is 139 Å². The van der Waals surface area contributed by atoms with Gasteiger partial charge in [0.25, 0.3) is 5.91 Å². The van der Waals surface area contributed by atoms with Crippen LogP contribution in [0.1, 0.15) is 10.4 Å². The van der Waals surface area contributed by atoms with Crippen LogP contribution in [0.25, 0.3) is 0 Å². The van der Waals surface area contributed by atoms with E-state index < -0.39 is 0 Å². The molecule has 2 aromatic rings. The van der Waals surface area contributed by atoms with Crippen LogP contribution in [-0.2, 0) is 0 Å². The highest BCUT2D eigenvalue weighted by atomic mass is 79.9. The van der Waals surface area contributed by atoms with E-state index in [1.54, 1.807) is 36.4 Å². The van der Waals surface area contributed by atoms with E-state index in [-0.39, 0.29) is 12.5 Å². The summed E-state index contributed by atoms with van der Waals surface area (Å²) in [7, 11) is 0. The van der Waals surface area contributed by atoms with Gasteiger partial charge in [0.05, 0.1) is 11.3 Å². The average Bonchev–Trinajstić information content (AvgIpc) is 2.48. The number of hydrogen-bond donors (Lipinski definition) is 1. The van der Waals surface area contributed by atoms with Crippen molar-refractivity contribution in [3.8, 4) is 11.8 Å². The van der Waals surface area contributed by atoms with Crippen molar-refractivity contribution in [3.63, 3.8) is 0 Å². The van der Waals surface area contributed by atoms with Crippen molar-refractivity contribution in [1.29, 1.82) is 5.26 Å². The molecule has 0 spiro atoms. The summed E-state index contributed by atoms with van der Waals surface area (Å²) in [6, 6.07) is 14.2. The molecule has 0 aliphatic heterocycles. The van der Waals surface area contributed by atoms with Gasteiger partial charge in [0.2, 0.25) is 0 Å². The first-order valence-electron chi connectivity index (χ1n) is 5.97. The molecule has 2 aromatic carbocycles. The van der Waals surface area contributed by atoms with E-state index >= 15 is 0 Å². The minimum atomic E-state index is -0.267. The molecule has 0 heterocycles. The number of anilines is 1. The molecule has 106 valence electrons. The molecular weight excluding hydrogens is 400 g/mol. The van der Waals surface area contributed by atoms with Gasteiger partial charge >= 0.3 is 0 Å². The lowest BCUT2D eigenvalue weighted by Gasteiger charge is -2.11. The van der Waals surface area contributed by atoms with Crippen molar-refractivity contribution < 1.29 is 9.53 Å². The summed E-state index contributed by atoms with van der Waals surface area (Å²) < 4.78 is 6.78. The maximum Gasteiger partial charge on any atom is 0.256 e. The first-order chi connectivity index (χ1) is 10.1. The van der Waals surface area contributed by atoms with E-state index in [4.69, 9.17) is 10.00 Å². The second kappa shape index (κ2) is 7.25. The molecule has 1 amide bonds. The molecule has 6 heteroatoms. The quantitative estimate of drug-likeness (QED) is 0.815. The number of para-hydroxylation sites is 2. The van der Waals surface area contributed by atoms with Crippen LogP contribution in [-0.4, -0.2) is 12.5 Å². The van der Waals surface area contributed by atoms with Crippen molar-refractivity contribution in [2.75, 3.05) is 11.9 Å². The summed E-state index contributed by atoms with van der Waals surface area (Å²) in [4.78, 5) is 12.3. The van der Waals surface area contributed by atoms with Crippen LogP contribution in [0, 0.1) is 11.3 Å². The molecule has 0 bridgehead atoms. The fourth-order valence-corrected chi connectivity index (χ4v) is 2.45. The van der Waals surface area contributed by atoms with E-state index in [0.29, 0.717) is 21.5 Å². The number of halogens is 2. The van der Waals surface area contributed by atoms with Gasteiger partial charge in [-0.25, -0.2) is 0 Å². The Morgan fingerprint density at radius 1 is 1.24 bits per heavy atom. The number of nitrogens with zero attached hydrogens (tertiary/aromatic N) is 1. The fraction of sp³-hybridized carbons (Fsp3) is 0.0667. The highest BCUT2D eigenvalue weighted by Gasteiger charge is 2.13. The lowest BCUT2D eigenvalue weighted by Crippen LogP contribution is -2.13. The van der Waals surface area contributed by atoms with Crippen LogP contribution in [0.5, 0.6) is 5.75 Å². The Morgan fingerprint density at radius 2 is 2.00 bits per heavy atom. The number of carbonyl (C=O) groups excluding carboxylic acids is 1. The Bertz CT molecular complexity index is 711. The normalized spacial score (nSPS) is 9.76. The number of nitrogens with one attached hydrogen (secondary N) is 1. The molecule has 1 N–H and O–H groups in total. The second-order valence-corrected chi connectivity index (χ2v) is 5.79. The van der Waals surface area contributed by atoms with E-state index in [2.05, 4.69) is 37.2 Å². The van der Waals surface area contributed by atoms with E-state index in [1.807, 2.05) is 12.1 Å². The molecule has 0 fully saturated rings. The van der Waals surface area contributed by atoms with Crippen LogP contribution >= 0.6 is 31.9 Å². The summed E-state index contributed by atoms with van der Waals surface area (Å²) in [5, 5.41) is 11.4. The van der Waals surface area contributed by atoms with Gasteiger partial charge in [-0.15, -0.1) is 0 Å². The van der Waals surface area contributed by atoms with Gasteiger partial charge in [-0.2, -0.15) is 5.26 Å². The molecule has 0 unspecified atom stereocenters. The number of hydrogen-bond acceptors (Lipinski definition) is 3. The molecule has 0 saturated carbocycles. The Hall–Kier alpha value is -1.84. The highest BCUT2D eigenvalue weighted by Crippen LogP contribution is 2.26. The van der Waals surface area contributed by atoms with E-state index in [9.17, 15) is 4.79 Å². The van der Waals surface area contributed by atoms with Gasteiger partial charge in [0.15, 0.2) is 6.61 Å². The summed E-state index contributed by atoms with van der Waals surface area (Å²) in [6.07, 6.45) is 0. The molecule has 21 heavy (non-hydrogen) atoms. The maximum atomic E-state index is 12.3. The van der Waals surface area contributed by atoms with Crippen molar-refractivity contribution in [2.45, 2.75) is 0 Å². The molecule has 0 aliphatic carbocycles. The van der Waals surface area contributed by atoms with Gasteiger partial charge in [-0.05, 0) is 46.3 Å². The molecule has 4 nitrogen and oxygen atoms in total. The largest absolute Gasteiger partial charge is 0.477 e. The zero-order valence-electron chi connectivity index (χ0n) is 10.8. The molecule has 0 radical (unpaired) electrons. The predicted molar refractivity (Wildman–Crippen MR) is 87.3 cm³/mol.